The third kappa shape index (κ3) is 3.55. The predicted octanol–water partition coefficient (Wildman–Crippen LogP) is 3.14. The monoisotopic (exact) mass is 333 g/mol. The fraction of sp³-hybridized carbons (Fsp3) is 0.500. The largest absolute Gasteiger partial charge is 0.481 e. The number of carboxylic acid groups (broad SMARTS) is 1. The van der Waals surface area contributed by atoms with Crippen LogP contribution in [0.4, 0.5) is 0 Å². The van der Waals surface area contributed by atoms with E-state index >= 15 is 0 Å². The topological polar surface area (TPSA) is 57.6 Å². The number of carboxylic acids is 1. The Morgan fingerprint density at radius 3 is 2.56 bits per heavy atom. The van der Waals surface area contributed by atoms with Gasteiger partial charge in [-0.15, -0.1) is 11.3 Å². The van der Waals surface area contributed by atoms with Crippen LogP contribution in [0.25, 0.3) is 0 Å². The van der Waals surface area contributed by atoms with E-state index in [1.807, 2.05) is 19.9 Å². The van der Waals surface area contributed by atoms with Crippen molar-refractivity contribution in [2.75, 3.05) is 6.54 Å². The van der Waals surface area contributed by atoms with Crippen LogP contribution in [0, 0.1) is 6.92 Å². The van der Waals surface area contributed by atoms with Gasteiger partial charge in [0.15, 0.2) is 0 Å². The van der Waals surface area contributed by atoms with Gasteiger partial charge in [-0.25, -0.2) is 0 Å². The lowest BCUT2D eigenvalue weighted by atomic mass is 10.2. The molecule has 0 fully saturated rings. The second-order valence-electron chi connectivity index (χ2n) is 4.11. The lowest BCUT2D eigenvalue weighted by Gasteiger charge is -2.26. The molecule has 1 atom stereocenters. The summed E-state index contributed by atoms with van der Waals surface area (Å²) in [5, 5.41) is 8.79. The Bertz CT molecular complexity index is 439. The lowest BCUT2D eigenvalue weighted by molar-refractivity contribution is -0.138. The highest BCUT2D eigenvalue weighted by Gasteiger charge is 2.23. The van der Waals surface area contributed by atoms with Crippen LogP contribution in [0.1, 0.15) is 35.5 Å². The first-order valence-corrected chi connectivity index (χ1v) is 7.26. The Hall–Kier alpha value is -0.880. The Morgan fingerprint density at radius 1 is 1.56 bits per heavy atom. The summed E-state index contributed by atoms with van der Waals surface area (Å²) in [6.45, 7) is 6.03. The predicted molar refractivity (Wildman–Crippen MR) is 75.2 cm³/mol. The van der Waals surface area contributed by atoms with Crippen LogP contribution in [0.2, 0.25) is 0 Å². The van der Waals surface area contributed by atoms with Gasteiger partial charge in [0, 0.05) is 12.6 Å². The van der Waals surface area contributed by atoms with Crippen molar-refractivity contribution in [3.8, 4) is 0 Å². The fourth-order valence-corrected chi connectivity index (χ4v) is 3.22. The smallest absolute Gasteiger partial charge is 0.305 e. The van der Waals surface area contributed by atoms with E-state index in [0.717, 1.165) is 9.35 Å². The van der Waals surface area contributed by atoms with Crippen molar-refractivity contribution in [3.63, 3.8) is 0 Å². The van der Waals surface area contributed by atoms with Crippen LogP contribution >= 0.6 is 27.3 Å². The summed E-state index contributed by atoms with van der Waals surface area (Å²) >= 11 is 4.77. The molecule has 0 radical (unpaired) electrons. The number of carbonyl (C=O) groups is 2. The molecule has 18 heavy (non-hydrogen) atoms. The van der Waals surface area contributed by atoms with Gasteiger partial charge in [-0.1, -0.05) is 0 Å². The molecule has 1 unspecified atom stereocenters. The van der Waals surface area contributed by atoms with E-state index in [0.29, 0.717) is 11.4 Å². The standard InChI is InChI=1S/C12H16BrNO3S/c1-4-14(8(3)6-10(15)16)12(17)9-5-7(2)11(13)18-9/h5,8H,4,6H2,1-3H3,(H,15,16). The minimum atomic E-state index is -0.891. The Kier molecular flexibility index (Phi) is 5.34. The highest BCUT2D eigenvalue weighted by Crippen LogP contribution is 2.28. The maximum Gasteiger partial charge on any atom is 0.305 e. The van der Waals surface area contributed by atoms with Crippen molar-refractivity contribution in [2.45, 2.75) is 33.2 Å². The third-order valence-electron chi connectivity index (χ3n) is 2.67. The zero-order valence-corrected chi connectivity index (χ0v) is 13.0. The van der Waals surface area contributed by atoms with Crippen molar-refractivity contribution >= 4 is 39.1 Å². The van der Waals surface area contributed by atoms with Gasteiger partial charge in [-0.05, 0) is 48.3 Å². The van der Waals surface area contributed by atoms with E-state index in [2.05, 4.69) is 15.9 Å². The Labute approximate surface area is 119 Å². The molecule has 0 aliphatic rings. The molecule has 0 saturated heterocycles. The van der Waals surface area contributed by atoms with Gasteiger partial charge >= 0.3 is 5.97 Å². The molecule has 0 aliphatic carbocycles. The van der Waals surface area contributed by atoms with Crippen molar-refractivity contribution in [1.29, 1.82) is 0 Å². The summed E-state index contributed by atoms with van der Waals surface area (Å²) < 4.78 is 0.938. The number of aryl methyl sites for hydroxylation is 1. The maximum atomic E-state index is 12.3. The van der Waals surface area contributed by atoms with Crippen LogP contribution in [0.5, 0.6) is 0 Å². The number of rotatable bonds is 5. The first-order valence-electron chi connectivity index (χ1n) is 5.65. The van der Waals surface area contributed by atoms with Gasteiger partial charge in [0.2, 0.25) is 0 Å². The van der Waals surface area contributed by atoms with Gasteiger partial charge < -0.3 is 10.0 Å². The molecular formula is C12H16BrNO3S. The molecule has 6 heteroatoms. The van der Waals surface area contributed by atoms with Gasteiger partial charge in [-0.3, -0.25) is 9.59 Å². The molecule has 1 heterocycles. The molecule has 0 aliphatic heterocycles. The molecule has 0 bridgehead atoms. The first-order chi connectivity index (χ1) is 8.36. The van der Waals surface area contributed by atoms with Crippen molar-refractivity contribution in [3.05, 3.63) is 20.3 Å². The molecular weight excluding hydrogens is 318 g/mol. The molecule has 1 amide bonds. The van der Waals surface area contributed by atoms with Gasteiger partial charge in [0.25, 0.3) is 5.91 Å². The highest BCUT2D eigenvalue weighted by molar-refractivity contribution is 9.11. The van der Waals surface area contributed by atoms with Crippen molar-refractivity contribution in [2.24, 2.45) is 0 Å². The first kappa shape index (κ1) is 15.2. The summed E-state index contributed by atoms with van der Waals surface area (Å²) in [4.78, 5) is 25.2. The van der Waals surface area contributed by atoms with Crippen molar-refractivity contribution < 1.29 is 14.7 Å². The minimum Gasteiger partial charge on any atom is -0.481 e. The van der Waals surface area contributed by atoms with Gasteiger partial charge in [0.05, 0.1) is 15.1 Å². The second kappa shape index (κ2) is 6.33. The number of hydrogen-bond donors (Lipinski definition) is 1. The Balaban J connectivity index is 2.88. The molecule has 100 valence electrons. The summed E-state index contributed by atoms with van der Waals surface area (Å²) in [6, 6.07) is 1.52. The summed E-state index contributed by atoms with van der Waals surface area (Å²) in [5.74, 6) is -0.998. The SMILES string of the molecule is CCN(C(=O)c1cc(C)c(Br)s1)C(C)CC(=O)O. The number of carbonyl (C=O) groups excluding carboxylic acids is 1. The number of thiophene rings is 1. The molecule has 4 nitrogen and oxygen atoms in total. The summed E-state index contributed by atoms with van der Waals surface area (Å²) in [5.41, 5.74) is 1.02. The van der Waals surface area contributed by atoms with Crippen LogP contribution in [0.15, 0.2) is 9.85 Å². The molecule has 0 spiro atoms. The summed E-state index contributed by atoms with van der Waals surface area (Å²) in [7, 11) is 0. The number of hydrogen-bond acceptors (Lipinski definition) is 3. The average molecular weight is 334 g/mol. The van der Waals surface area contributed by atoms with E-state index in [-0.39, 0.29) is 18.4 Å². The quantitative estimate of drug-likeness (QED) is 0.900. The number of aliphatic carboxylic acids is 1. The molecule has 1 aromatic heterocycles. The number of nitrogens with zero attached hydrogens (tertiary/aromatic N) is 1. The molecule has 1 rings (SSSR count). The fourth-order valence-electron chi connectivity index (χ4n) is 1.73. The second-order valence-corrected chi connectivity index (χ2v) is 6.48. The van der Waals surface area contributed by atoms with Crippen LogP contribution in [-0.2, 0) is 4.79 Å². The van der Waals surface area contributed by atoms with Gasteiger partial charge in [-0.2, -0.15) is 0 Å². The molecule has 0 aromatic carbocycles. The summed E-state index contributed by atoms with van der Waals surface area (Å²) in [6.07, 6.45) is -0.0366. The van der Waals surface area contributed by atoms with Crippen LogP contribution in [-0.4, -0.2) is 34.5 Å². The van der Waals surface area contributed by atoms with E-state index in [1.54, 1.807) is 11.8 Å². The van der Waals surface area contributed by atoms with Crippen molar-refractivity contribution in [1.82, 2.24) is 4.90 Å². The van der Waals surface area contributed by atoms with Gasteiger partial charge in [0.1, 0.15) is 0 Å². The number of amides is 1. The Morgan fingerprint density at radius 2 is 2.17 bits per heavy atom. The average Bonchev–Trinajstić information content (AvgIpc) is 2.59. The molecule has 0 saturated carbocycles. The lowest BCUT2D eigenvalue weighted by Crippen LogP contribution is -2.39. The highest BCUT2D eigenvalue weighted by atomic mass is 79.9. The minimum absolute atomic E-state index is 0.0366. The van der Waals surface area contributed by atoms with E-state index < -0.39 is 5.97 Å². The molecule has 1 N–H and O–H groups in total. The third-order valence-corrected chi connectivity index (χ3v) is 4.80. The van der Waals surface area contributed by atoms with E-state index in [9.17, 15) is 9.59 Å². The normalized spacial score (nSPS) is 12.2. The van der Waals surface area contributed by atoms with Crippen LogP contribution < -0.4 is 0 Å². The van der Waals surface area contributed by atoms with E-state index in [4.69, 9.17) is 5.11 Å². The zero-order chi connectivity index (χ0) is 13.9. The zero-order valence-electron chi connectivity index (χ0n) is 10.6. The van der Waals surface area contributed by atoms with E-state index in [1.165, 1.54) is 11.3 Å². The van der Waals surface area contributed by atoms with Crippen LogP contribution in [0.3, 0.4) is 0 Å². The molecule has 1 aromatic rings. The maximum absolute atomic E-state index is 12.3. The number of halogens is 1.